The minimum Gasteiger partial charge on any atom is -0.355 e. The molecule has 0 atom stereocenters. The number of halogens is 3. The predicted octanol–water partition coefficient (Wildman–Crippen LogP) is 6.62. The maximum atomic E-state index is 14.2. The minimum atomic E-state index is -3.08. The van der Waals surface area contributed by atoms with Crippen LogP contribution in [0.1, 0.15) is 43.0 Å². The van der Waals surface area contributed by atoms with Crippen molar-refractivity contribution in [2.75, 3.05) is 5.32 Å². The third-order valence-electron chi connectivity index (χ3n) is 4.04. The summed E-state index contributed by atoms with van der Waals surface area (Å²) in [6, 6.07) is 9.16. The second-order valence-electron chi connectivity index (χ2n) is 6.19. The smallest absolute Gasteiger partial charge is 0.270 e. The molecule has 1 N–H and O–H groups in total. The van der Waals surface area contributed by atoms with Gasteiger partial charge >= 0.3 is 0 Å². The summed E-state index contributed by atoms with van der Waals surface area (Å²) in [7, 11) is 0. The number of aryl methyl sites for hydroxylation is 1. The predicted molar refractivity (Wildman–Crippen MR) is 99.2 cm³/mol. The van der Waals surface area contributed by atoms with Crippen molar-refractivity contribution in [2.45, 2.75) is 33.1 Å². The maximum absolute atomic E-state index is 14.2. The highest BCUT2D eigenvalue weighted by Gasteiger charge is 2.25. The van der Waals surface area contributed by atoms with Crippen molar-refractivity contribution in [1.29, 1.82) is 0 Å². The summed E-state index contributed by atoms with van der Waals surface area (Å²) in [6.45, 7) is 12.5. The van der Waals surface area contributed by atoms with Crippen LogP contribution in [-0.2, 0) is 12.3 Å². The van der Waals surface area contributed by atoms with Crippen LogP contribution in [0.15, 0.2) is 49.6 Å². The van der Waals surface area contributed by atoms with Crippen molar-refractivity contribution >= 4 is 17.0 Å². The zero-order valence-electron chi connectivity index (χ0n) is 14.7. The number of nitrogens with one attached hydrogen (secondary N) is 1. The van der Waals surface area contributed by atoms with Crippen LogP contribution in [0.5, 0.6) is 0 Å². The lowest BCUT2D eigenvalue weighted by Gasteiger charge is -2.16. The van der Waals surface area contributed by atoms with E-state index in [4.69, 9.17) is 0 Å². The van der Waals surface area contributed by atoms with Gasteiger partial charge in [0.2, 0.25) is 0 Å². The summed E-state index contributed by atoms with van der Waals surface area (Å²) in [5, 5.41) is 3.05. The zero-order valence-corrected chi connectivity index (χ0v) is 14.7. The van der Waals surface area contributed by atoms with E-state index in [0.717, 1.165) is 41.8 Å². The highest BCUT2D eigenvalue weighted by atomic mass is 19.3. The van der Waals surface area contributed by atoms with Gasteiger partial charge < -0.3 is 5.32 Å². The van der Waals surface area contributed by atoms with Crippen LogP contribution in [-0.4, -0.2) is 0 Å². The largest absolute Gasteiger partial charge is 0.355 e. The number of benzene rings is 2. The Balaban J connectivity index is 2.27. The van der Waals surface area contributed by atoms with Gasteiger partial charge in [-0.3, -0.25) is 0 Å². The van der Waals surface area contributed by atoms with Gasteiger partial charge in [-0.2, -0.15) is 0 Å². The maximum Gasteiger partial charge on any atom is 0.270 e. The van der Waals surface area contributed by atoms with Gasteiger partial charge in [0, 0.05) is 29.4 Å². The van der Waals surface area contributed by atoms with Crippen molar-refractivity contribution in [2.24, 2.45) is 0 Å². The Kier molecular flexibility index (Phi) is 5.41. The van der Waals surface area contributed by atoms with E-state index in [2.05, 4.69) is 18.5 Å². The van der Waals surface area contributed by atoms with Crippen molar-refractivity contribution < 1.29 is 13.2 Å². The Bertz CT molecular complexity index is 816. The number of hydrogen-bond acceptors (Lipinski definition) is 1. The lowest BCUT2D eigenvalue weighted by Crippen LogP contribution is -2.09. The third-order valence-corrected chi connectivity index (χ3v) is 4.04. The molecular formula is C21H22F3N. The van der Waals surface area contributed by atoms with Crippen LogP contribution in [0.2, 0.25) is 0 Å². The number of anilines is 1. The zero-order chi connectivity index (χ0) is 18.8. The molecule has 2 aromatic rings. The van der Waals surface area contributed by atoms with Gasteiger partial charge in [-0.25, -0.2) is 13.2 Å². The van der Waals surface area contributed by atoms with Crippen LogP contribution in [0.25, 0.3) is 11.3 Å². The molecule has 0 amide bonds. The third kappa shape index (κ3) is 4.32. The summed E-state index contributed by atoms with van der Waals surface area (Å²) in [4.78, 5) is 0. The molecular weight excluding hydrogens is 323 g/mol. The number of rotatable bonds is 6. The first-order valence-corrected chi connectivity index (χ1v) is 8.06. The molecule has 25 heavy (non-hydrogen) atoms. The first-order valence-electron chi connectivity index (χ1n) is 8.06. The molecule has 0 unspecified atom stereocenters. The Morgan fingerprint density at radius 1 is 1.08 bits per heavy atom. The lowest BCUT2D eigenvalue weighted by molar-refractivity contribution is 0.0171. The fourth-order valence-electron chi connectivity index (χ4n) is 2.65. The standard InChI is InChI=1S/C21H22F3N/c1-6-15-11-17(8-10-18(15)13(2)3)25-14(4)19-9-7-16(12-20(19)22)21(5,23)24/h7-12,25H,2,4,6H2,1,3,5H3. The highest BCUT2D eigenvalue weighted by Crippen LogP contribution is 2.30. The molecule has 2 rings (SSSR count). The second kappa shape index (κ2) is 7.18. The van der Waals surface area contributed by atoms with Crippen LogP contribution in [0, 0.1) is 5.82 Å². The van der Waals surface area contributed by atoms with Crippen LogP contribution in [0.3, 0.4) is 0 Å². The molecule has 0 aliphatic rings. The fourth-order valence-corrected chi connectivity index (χ4v) is 2.65. The Morgan fingerprint density at radius 2 is 1.72 bits per heavy atom. The van der Waals surface area contributed by atoms with E-state index >= 15 is 0 Å². The van der Waals surface area contributed by atoms with E-state index < -0.39 is 11.7 Å². The molecule has 0 saturated heterocycles. The number of alkyl halides is 2. The fraction of sp³-hybridized carbons (Fsp3) is 0.238. The van der Waals surface area contributed by atoms with Gasteiger partial charge in [-0.15, -0.1) is 0 Å². The van der Waals surface area contributed by atoms with Gasteiger partial charge in [-0.05, 0) is 48.7 Å². The van der Waals surface area contributed by atoms with Gasteiger partial charge in [0.05, 0.1) is 0 Å². The molecule has 0 heterocycles. The summed E-state index contributed by atoms with van der Waals surface area (Å²) < 4.78 is 40.8. The highest BCUT2D eigenvalue weighted by molar-refractivity contribution is 5.77. The summed E-state index contributed by atoms with van der Waals surface area (Å²) >= 11 is 0. The lowest BCUT2D eigenvalue weighted by atomic mass is 9.99. The molecule has 0 fully saturated rings. The van der Waals surface area contributed by atoms with Crippen molar-refractivity contribution in [1.82, 2.24) is 0 Å². The average Bonchev–Trinajstić information content (AvgIpc) is 2.53. The summed E-state index contributed by atoms with van der Waals surface area (Å²) in [5.74, 6) is -3.81. The molecule has 4 heteroatoms. The summed E-state index contributed by atoms with van der Waals surface area (Å²) in [5.41, 5.74) is 4.05. The van der Waals surface area contributed by atoms with E-state index in [1.54, 1.807) is 0 Å². The molecule has 0 radical (unpaired) electrons. The molecule has 0 spiro atoms. The van der Waals surface area contributed by atoms with E-state index in [9.17, 15) is 13.2 Å². The average molecular weight is 345 g/mol. The van der Waals surface area contributed by atoms with E-state index in [1.807, 2.05) is 32.0 Å². The molecule has 0 bridgehead atoms. The van der Waals surface area contributed by atoms with Crippen molar-refractivity contribution in [3.05, 3.63) is 77.6 Å². The molecule has 1 nitrogen and oxygen atoms in total. The van der Waals surface area contributed by atoms with Crippen LogP contribution in [0.4, 0.5) is 18.9 Å². The van der Waals surface area contributed by atoms with Gasteiger partial charge in [0.15, 0.2) is 0 Å². The first-order chi connectivity index (χ1) is 11.6. The van der Waals surface area contributed by atoms with Gasteiger partial charge in [0.25, 0.3) is 5.92 Å². The SMILES string of the molecule is C=C(Nc1ccc(C(=C)C)c(CC)c1)c1ccc(C(C)(F)F)cc1F. The number of hydrogen-bond donors (Lipinski definition) is 1. The van der Waals surface area contributed by atoms with Crippen LogP contribution < -0.4 is 5.32 Å². The van der Waals surface area contributed by atoms with E-state index in [-0.39, 0.29) is 11.1 Å². The Hall–Kier alpha value is -2.49. The first kappa shape index (κ1) is 18.8. The molecule has 0 saturated carbocycles. The number of allylic oxidation sites excluding steroid dienone is 1. The molecule has 0 aliphatic heterocycles. The van der Waals surface area contributed by atoms with Crippen LogP contribution >= 0.6 is 0 Å². The van der Waals surface area contributed by atoms with Crippen molar-refractivity contribution in [3.8, 4) is 0 Å². The minimum absolute atomic E-state index is 0.162. The van der Waals surface area contributed by atoms with Gasteiger partial charge in [-0.1, -0.05) is 37.8 Å². The molecule has 0 aromatic heterocycles. The van der Waals surface area contributed by atoms with Crippen molar-refractivity contribution in [3.63, 3.8) is 0 Å². The monoisotopic (exact) mass is 345 g/mol. The normalized spacial score (nSPS) is 11.3. The second-order valence-corrected chi connectivity index (χ2v) is 6.19. The topological polar surface area (TPSA) is 12.0 Å². The Labute approximate surface area is 146 Å². The van der Waals surface area contributed by atoms with Gasteiger partial charge in [0.1, 0.15) is 5.82 Å². The van der Waals surface area contributed by atoms with E-state index in [1.165, 1.54) is 12.1 Å². The summed E-state index contributed by atoms with van der Waals surface area (Å²) in [6.07, 6.45) is 0.832. The van der Waals surface area contributed by atoms with E-state index in [0.29, 0.717) is 5.70 Å². The molecule has 2 aromatic carbocycles. The quantitative estimate of drug-likeness (QED) is 0.620. The Morgan fingerprint density at radius 3 is 2.24 bits per heavy atom. The molecule has 0 aliphatic carbocycles. The molecule has 132 valence electrons.